The zero-order chi connectivity index (χ0) is 6.29. The first-order chi connectivity index (χ1) is 4.95. The van der Waals surface area contributed by atoms with Crippen LogP contribution in [0.3, 0.4) is 0 Å². The molecule has 0 unspecified atom stereocenters. The Labute approximate surface area is 56.9 Å². The van der Waals surface area contributed by atoms with Gasteiger partial charge in [0.2, 0.25) is 0 Å². The molecular weight excluding hydrogens is 136 g/mol. The van der Waals surface area contributed by atoms with E-state index in [2.05, 4.69) is 0 Å². The fourth-order valence-corrected chi connectivity index (χ4v) is 2.05. The highest BCUT2D eigenvalue weighted by molar-refractivity contribution is 5.17. The van der Waals surface area contributed by atoms with Crippen LogP contribution in [-0.4, -0.2) is 36.6 Å². The van der Waals surface area contributed by atoms with Crippen LogP contribution in [0.2, 0.25) is 0 Å². The van der Waals surface area contributed by atoms with E-state index in [1.807, 2.05) is 0 Å². The van der Waals surface area contributed by atoms with Crippen molar-refractivity contribution in [2.45, 2.75) is 36.6 Å². The van der Waals surface area contributed by atoms with Crippen LogP contribution in [-0.2, 0) is 19.2 Å². The molecule has 4 nitrogen and oxygen atoms in total. The van der Waals surface area contributed by atoms with Crippen molar-refractivity contribution < 1.29 is 19.2 Å². The van der Waals surface area contributed by atoms with E-state index >= 15 is 0 Å². The van der Waals surface area contributed by atoms with Crippen molar-refractivity contribution in [3.8, 4) is 0 Å². The first-order valence-corrected chi connectivity index (χ1v) is 3.58. The highest BCUT2D eigenvalue weighted by atomic mass is 17.2. The van der Waals surface area contributed by atoms with E-state index in [0.717, 1.165) is 0 Å². The highest BCUT2D eigenvalue weighted by Crippen LogP contribution is 2.53. The minimum Gasteiger partial charge on any atom is -0.363 e. The molecular formula is C6H6O4. The predicted molar refractivity (Wildman–Crippen MR) is 27.1 cm³/mol. The van der Waals surface area contributed by atoms with E-state index < -0.39 is 0 Å². The summed E-state index contributed by atoms with van der Waals surface area (Å²) >= 11 is 0. The maximum atomic E-state index is 5.34. The molecule has 0 aromatic heterocycles. The summed E-state index contributed by atoms with van der Waals surface area (Å²) in [6.45, 7) is 0. The van der Waals surface area contributed by atoms with Crippen molar-refractivity contribution in [2.24, 2.45) is 0 Å². The van der Waals surface area contributed by atoms with Crippen LogP contribution in [0.4, 0.5) is 0 Å². The average molecular weight is 142 g/mol. The van der Waals surface area contributed by atoms with Crippen LogP contribution in [0.1, 0.15) is 0 Å². The van der Waals surface area contributed by atoms with Gasteiger partial charge in [0.05, 0.1) is 0 Å². The molecule has 1 aliphatic carbocycles. The molecule has 1 saturated carbocycles. The van der Waals surface area contributed by atoms with Gasteiger partial charge in [-0.25, -0.2) is 9.78 Å². The zero-order valence-electron chi connectivity index (χ0n) is 5.10. The second-order valence-electron chi connectivity index (χ2n) is 3.25. The normalized spacial score (nSPS) is 74.4. The monoisotopic (exact) mass is 142 g/mol. The third-order valence-electron chi connectivity index (χ3n) is 2.70. The summed E-state index contributed by atoms with van der Waals surface area (Å²) in [5.74, 6) is 0. The third-order valence-corrected chi connectivity index (χ3v) is 2.70. The number of hydrogen-bond acceptors (Lipinski definition) is 4. The fraction of sp³-hybridized carbons (Fsp3) is 1.00. The molecule has 0 spiro atoms. The Balaban J connectivity index is 1.85. The molecule has 4 heteroatoms. The van der Waals surface area contributed by atoms with E-state index in [9.17, 15) is 0 Å². The molecule has 0 N–H and O–H groups in total. The first-order valence-electron chi connectivity index (χ1n) is 3.58. The topological polar surface area (TPSA) is 43.5 Å². The maximum Gasteiger partial charge on any atom is 0.150 e. The quantitative estimate of drug-likeness (QED) is 0.329. The lowest BCUT2D eigenvalue weighted by Gasteiger charge is -2.26. The largest absolute Gasteiger partial charge is 0.363 e. The minimum atomic E-state index is 0.0694. The summed E-state index contributed by atoms with van der Waals surface area (Å²) in [6, 6.07) is 0. The van der Waals surface area contributed by atoms with Gasteiger partial charge in [-0.1, -0.05) is 0 Å². The Kier molecular flexibility index (Phi) is 0.531. The van der Waals surface area contributed by atoms with Gasteiger partial charge in [-0.05, 0) is 0 Å². The van der Waals surface area contributed by atoms with Crippen LogP contribution >= 0.6 is 0 Å². The molecule has 4 saturated heterocycles. The SMILES string of the molecule is O1OC2[C@@H]3O[C@@H]3C1[C@H]1O[C@@H]21. The van der Waals surface area contributed by atoms with E-state index in [-0.39, 0.29) is 36.6 Å². The van der Waals surface area contributed by atoms with Crippen molar-refractivity contribution in [3.63, 3.8) is 0 Å². The third kappa shape index (κ3) is 0.340. The lowest BCUT2D eigenvalue weighted by atomic mass is 9.94. The second kappa shape index (κ2) is 1.14. The van der Waals surface area contributed by atoms with Gasteiger partial charge in [0.25, 0.3) is 0 Å². The molecule has 4 aliphatic heterocycles. The lowest BCUT2D eigenvalue weighted by Crippen LogP contribution is -2.48. The molecule has 0 amide bonds. The van der Waals surface area contributed by atoms with Gasteiger partial charge in [-0.3, -0.25) is 0 Å². The molecule has 2 bridgehead atoms. The van der Waals surface area contributed by atoms with Gasteiger partial charge in [-0.2, -0.15) is 0 Å². The summed E-state index contributed by atoms with van der Waals surface area (Å²) in [6.07, 6.45) is 1.26. The zero-order valence-corrected chi connectivity index (χ0v) is 5.10. The van der Waals surface area contributed by atoms with Crippen LogP contribution in [0.5, 0.6) is 0 Å². The smallest absolute Gasteiger partial charge is 0.150 e. The van der Waals surface area contributed by atoms with Gasteiger partial charge >= 0.3 is 0 Å². The summed E-state index contributed by atoms with van der Waals surface area (Å²) in [5, 5.41) is 0. The fourth-order valence-electron chi connectivity index (χ4n) is 2.05. The Morgan fingerprint density at radius 1 is 0.500 bits per heavy atom. The number of rotatable bonds is 0. The molecule has 5 rings (SSSR count). The Hall–Kier alpha value is -0.160. The molecule has 5 aliphatic rings. The van der Waals surface area contributed by atoms with E-state index in [4.69, 9.17) is 19.2 Å². The molecule has 10 heavy (non-hydrogen) atoms. The summed E-state index contributed by atoms with van der Waals surface area (Å²) in [4.78, 5) is 10.1. The van der Waals surface area contributed by atoms with Gasteiger partial charge in [0.15, 0.2) is 12.2 Å². The van der Waals surface area contributed by atoms with E-state index in [0.29, 0.717) is 0 Å². The predicted octanol–water partition coefficient (Wildman–Crippen LogP) is -0.766. The highest BCUT2D eigenvalue weighted by Gasteiger charge is 2.74. The van der Waals surface area contributed by atoms with Gasteiger partial charge < -0.3 is 9.47 Å². The minimum absolute atomic E-state index is 0.0694. The van der Waals surface area contributed by atoms with Crippen LogP contribution < -0.4 is 0 Å². The molecule has 4 heterocycles. The average Bonchev–Trinajstić information content (AvgIpc) is 2.83. The van der Waals surface area contributed by atoms with Crippen molar-refractivity contribution >= 4 is 0 Å². The van der Waals surface area contributed by atoms with Gasteiger partial charge in [-0.15, -0.1) is 0 Å². The van der Waals surface area contributed by atoms with Gasteiger partial charge in [0.1, 0.15) is 24.4 Å². The molecule has 0 aromatic rings. The van der Waals surface area contributed by atoms with Crippen molar-refractivity contribution in [2.75, 3.05) is 0 Å². The summed E-state index contributed by atoms with van der Waals surface area (Å²) in [7, 11) is 0. The van der Waals surface area contributed by atoms with Gasteiger partial charge in [0, 0.05) is 0 Å². The maximum absolute atomic E-state index is 5.34. The first kappa shape index (κ1) is 4.66. The van der Waals surface area contributed by atoms with Crippen molar-refractivity contribution in [3.05, 3.63) is 0 Å². The molecule has 54 valence electrons. The number of ether oxygens (including phenoxy) is 2. The van der Waals surface area contributed by atoms with Crippen LogP contribution in [0.25, 0.3) is 0 Å². The van der Waals surface area contributed by atoms with Crippen molar-refractivity contribution in [1.29, 1.82) is 0 Å². The Morgan fingerprint density at radius 3 is 1.30 bits per heavy atom. The summed E-state index contributed by atoms with van der Waals surface area (Å²) < 4.78 is 10.7. The standard InChI is InChI=1S/C6H6O4/c7-1-2(7)6-4-3(8-4)5(1)9-10-6/h1-6H/t1-,2+,3-,4+,5?,6?. The van der Waals surface area contributed by atoms with E-state index in [1.165, 1.54) is 0 Å². The molecule has 0 aromatic carbocycles. The number of hydrogen-bond donors (Lipinski definition) is 0. The second-order valence-corrected chi connectivity index (χ2v) is 3.25. The Morgan fingerprint density at radius 2 is 0.900 bits per heavy atom. The molecule has 0 radical (unpaired) electrons. The lowest BCUT2D eigenvalue weighted by molar-refractivity contribution is -0.377. The number of fused-ring (bicyclic) bond motifs is 1. The number of epoxide rings is 2. The van der Waals surface area contributed by atoms with Crippen LogP contribution in [0, 0.1) is 0 Å². The molecule has 4 atom stereocenters. The van der Waals surface area contributed by atoms with Crippen LogP contribution in [0.15, 0.2) is 0 Å². The Bertz CT molecular complexity index is 168. The van der Waals surface area contributed by atoms with E-state index in [1.54, 1.807) is 0 Å². The molecule has 5 fully saturated rings. The summed E-state index contributed by atoms with van der Waals surface area (Å²) in [5.41, 5.74) is 0. The van der Waals surface area contributed by atoms with Crippen molar-refractivity contribution in [1.82, 2.24) is 0 Å².